The van der Waals surface area contributed by atoms with Crippen LogP contribution in [0.2, 0.25) is 20.1 Å². The minimum absolute atomic E-state index is 0.327. The lowest BCUT2D eigenvalue weighted by Gasteiger charge is -2.17. The summed E-state index contributed by atoms with van der Waals surface area (Å²) in [6, 6.07) is 15.5. The maximum atomic E-state index is 13.1. The highest BCUT2D eigenvalue weighted by atomic mass is 35.5. The lowest BCUT2D eigenvalue weighted by atomic mass is 9.98. The normalized spacial score (nSPS) is 11.4. The van der Waals surface area contributed by atoms with Crippen LogP contribution in [0.5, 0.6) is 5.75 Å². The van der Waals surface area contributed by atoms with Crippen molar-refractivity contribution in [2.45, 2.75) is 5.92 Å². The largest absolute Gasteiger partial charge is 0.497 e. The highest BCUT2D eigenvalue weighted by Crippen LogP contribution is 2.27. The van der Waals surface area contributed by atoms with Gasteiger partial charge in [0.05, 0.1) is 12.8 Å². The molecule has 0 aromatic heterocycles. The zero-order chi connectivity index (χ0) is 23.3. The number of carbonyl (C=O) groups excluding carboxylic acids is 2. The molecule has 6 nitrogen and oxygen atoms in total. The number of hydrogen-bond donors (Lipinski definition) is 2. The van der Waals surface area contributed by atoms with Crippen LogP contribution in [0.3, 0.4) is 0 Å². The van der Waals surface area contributed by atoms with Crippen LogP contribution in [0.25, 0.3) is 0 Å². The molecule has 1 amide bonds. The summed E-state index contributed by atoms with van der Waals surface area (Å²) in [6.07, 6.45) is 0. The fourth-order valence-electron chi connectivity index (χ4n) is 2.81. The Balaban J connectivity index is 1.84. The first-order valence-electron chi connectivity index (χ1n) is 9.09. The number of anilines is 2. The van der Waals surface area contributed by atoms with E-state index in [2.05, 4.69) is 10.8 Å². The van der Waals surface area contributed by atoms with Gasteiger partial charge in [0.2, 0.25) is 5.91 Å². The molecule has 0 spiro atoms. The van der Waals surface area contributed by atoms with Crippen LogP contribution in [-0.2, 0) is 14.4 Å². The predicted molar refractivity (Wildman–Crippen MR) is 127 cm³/mol. The van der Waals surface area contributed by atoms with Crippen molar-refractivity contribution in [2.75, 3.05) is 17.9 Å². The molecule has 0 heterocycles. The second kappa shape index (κ2) is 10.8. The minimum atomic E-state index is -1.32. The van der Waals surface area contributed by atoms with Crippen LogP contribution < -0.4 is 15.5 Å². The Kier molecular flexibility index (Phi) is 8.10. The average Bonchev–Trinajstić information content (AvgIpc) is 2.71. The van der Waals surface area contributed by atoms with Crippen molar-refractivity contribution in [2.24, 2.45) is 0 Å². The second-order valence-corrected chi connectivity index (χ2v) is 8.28. The molecular weight excluding hydrogens is 498 g/mol. The van der Waals surface area contributed by atoms with Gasteiger partial charge in [-0.05, 0) is 54.1 Å². The molecule has 3 aromatic carbocycles. The summed E-state index contributed by atoms with van der Waals surface area (Å²) in [5.41, 5.74) is 3.52. The van der Waals surface area contributed by atoms with Crippen LogP contribution >= 0.6 is 46.4 Å². The van der Waals surface area contributed by atoms with Gasteiger partial charge in [0, 0.05) is 25.8 Å². The van der Waals surface area contributed by atoms with Gasteiger partial charge in [-0.15, -0.1) is 0 Å². The van der Waals surface area contributed by atoms with Crippen molar-refractivity contribution in [3.05, 3.63) is 86.3 Å². The average molecular weight is 514 g/mol. The van der Waals surface area contributed by atoms with Gasteiger partial charge in [-0.1, -0.05) is 58.5 Å². The molecule has 3 rings (SSSR count). The van der Waals surface area contributed by atoms with E-state index in [1.54, 1.807) is 24.3 Å². The first-order chi connectivity index (χ1) is 15.2. The Morgan fingerprint density at radius 2 is 1.28 bits per heavy atom. The lowest BCUT2D eigenvalue weighted by molar-refractivity contribution is -0.145. The Morgan fingerprint density at radius 3 is 1.78 bits per heavy atom. The number of methoxy groups -OCH3 is 1. The van der Waals surface area contributed by atoms with E-state index in [9.17, 15) is 9.59 Å². The third-order valence-corrected chi connectivity index (χ3v) is 5.08. The summed E-state index contributed by atoms with van der Waals surface area (Å²) in [7, 11) is 1.51. The first-order valence-corrected chi connectivity index (χ1v) is 10.6. The molecule has 0 fully saturated rings. The van der Waals surface area contributed by atoms with E-state index < -0.39 is 17.8 Å². The number of hydrogen-bond acceptors (Lipinski definition) is 5. The van der Waals surface area contributed by atoms with E-state index in [-0.39, 0.29) is 0 Å². The molecule has 0 radical (unpaired) electrons. The SMILES string of the molecule is COc1ccc(C(C(=O)Nc2cc(Cl)cc(Cl)c2)C(=O)ONc2cc(Cl)cc(Cl)c2)cc1. The number of rotatable bonds is 7. The number of halogens is 4. The zero-order valence-electron chi connectivity index (χ0n) is 16.5. The molecule has 0 saturated heterocycles. The number of benzene rings is 3. The van der Waals surface area contributed by atoms with Crippen molar-refractivity contribution < 1.29 is 19.2 Å². The zero-order valence-corrected chi connectivity index (χ0v) is 19.5. The summed E-state index contributed by atoms with van der Waals surface area (Å²) in [5, 5.41) is 3.99. The summed E-state index contributed by atoms with van der Waals surface area (Å²) in [5.74, 6) is -2.27. The van der Waals surface area contributed by atoms with Crippen molar-refractivity contribution in [3.8, 4) is 5.75 Å². The lowest BCUT2D eigenvalue weighted by Crippen LogP contribution is -2.30. The molecule has 1 unspecified atom stereocenters. The van der Waals surface area contributed by atoms with E-state index in [1.165, 1.54) is 43.5 Å². The molecule has 0 aliphatic carbocycles. The standard InChI is InChI=1S/C22H16Cl4N2O4/c1-31-19-4-2-12(3-5-19)20(21(29)27-17-8-13(23)6-14(24)9-17)22(30)32-28-18-10-15(25)7-16(26)11-18/h2-11,20,28H,1H3,(H,27,29). The Morgan fingerprint density at radius 1 is 0.781 bits per heavy atom. The fraction of sp³-hybridized carbons (Fsp3) is 0.0909. The van der Waals surface area contributed by atoms with Gasteiger partial charge in [-0.3, -0.25) is 4.79 Å². The van der Waals surface area contributed by atoms with E-state index >= 15 is 0 Å². The third-order valence-electron chi connectivity index (χ3n) is 4.21. The summed E-state index contributed by atoms with van der Waals surface area (Å²) in [6.45, 7) is 0. The van der Waals surface area contributed by atoms with Gasteiger partial charge in [-0.2, -0.15) is 0 Å². The molecule has 0 bridgehead atoms. The van der Waals surface area contributed by atoms with Gasteiger partial charge < -0.3 is 14.9 Å². The fourth-order valence-corrected chi connectivity index (χ4v) is 3.86. The first kappa shape index (κ1) is 24.0. The summed E-state index contributed by atoms with van der Waals surface area (Å²) >= 11 is 23.9. The molecular formula is C22H16Cl4N2O4. The maximum absolute atomic E-state index is 13.1. The number of carbonyl (C=O) groups is 2. The highest BCUT2D eigenvalue weighted by Gasteiger charge is 2.31. The quantitative estimate of drug-likeness (QED) is 0.275. The summed E-state index contributed by atoms with van der Waals surface area (Å²) in [4.78, 5) is 31.1. The second-order valence-electron chi connectivity index (χ2n) is 6.53. The highest BCUT2D eigenvalue weighted by molar-refractivity contribution is 6.35. The van der Waals surface area contributed by atoms with Gasteiger partial charge in [0.1, 0.15) is 5.75 Å². The smallest absolute Gasteiger partial charge is 0.348 e. The van der Waals surface area contributed by atoms with Crippen LogP contribution in [0, 0.1) is 0 Å². The van der Waals surface area contributed by atoms with Crippen LogP contribution in [0.4, 0.5) is 11.4 Å². The molecule has 0 aliphatic rings. The Bertz CT molecular complexity index is 1100. The Labute approximate surface area is 204 Å². The Hall–Kier alpha value is -2.64. The van der Waals surface area contributed by atoms with Gasteiger partial charge in [-0.25, -0.2) is 10.3 Å². The molecule has 3 aromatic rings. The monoisotopic (exact) mass is 512 g/mol. The number of amides is 1. The molecule has 2 N–H and O–H groups in total. The van der Waals surface area contributed by atoms with Crippen molar-refractivity contribution in [1.82, 2.24) is 0 Å². The molecule has 1 atom stereocenters. The number of ether oxygens (including phenoxy) is 1. The molecule has 166 valence electrons. The van der Waals surface area contributed by atoms with Crippen molar-refractivity contribution in [3.63, 3.8) is 0 Å². The third kappa shape index (κ3) is 6.43. The van der Waals surface area contributed by atoms with Crippen LogP contribution in [0.15, 0.2) is 60.7 Å². The molecule has 0 aliphatic heterocycles. The molecule has 32 heavy (non-hydrogen) atoms. The summed E-state index contributed by atoms with van der Waals surface area (Å²) < 4.78 is 5.14. The molecule has 10 heteroatoms. The van der Waals surface area contributed by atoms with Crippen LogP contribution in [-0.4, -0.2) is 19.0 Å². The van der Waals surface area contributed by atoms with Crippen molar-refractivity contribution >= 4 is 69.7 Å². The topological polar surface area (TPSA) is 76.7 Å². The minimum Gasteiger partial charge on any atom is -0.497 e. The predicted octanol–water partition coefficient (Wildman–Crippen LogP) is 6.60. The maximum Gasteiger partial charge on any atom is 0.348 e. The van der Waals surface area contributed by atoms with E-state index in [0.717, 1.165) is 0 Å². The van der Waals surface area contributed by atoms with E-state index in [0.29, 0.717) is 42.8 Å². The van der Waals surface area contributed by atoms with Gasteiger partial charge >= 0.3 is 5.97 Å². The van der Waals surface area contributed by atoms with E-state index in [1.807, 2.05) is 0 Å². The van der Waals surface area contributed by atoms with Gasteiger partial charge in [0.15, 0.2) is 5.92 Å². The van der Waals surface area contributed by atoms with Crippen molar-refractivity contribution in [1.29, 1.82) is 0 Å². The van der Waals surface area contributed by atoms with Gasteiger partial charge in [0.25, 0.3) is 0 Å². The van der Waals surface area contributed by atoms with Crippen LogP contribution in [0.1, 0.15) is 11.5 Å². The van der Waals surface area contributed by atoms with E-state index in [4.69, 9.17) is 56.0 Å². The number of nitrogens with one attached hydrogen (secondary N) is 2. The molecule has 0 saturated carbocycles.